The Hall–Kier alpha value is -1.04. The van der Waals surface area contributed by atoms with Crippen LogP contribution in [0.4, 0.5) is 0 Å². The van der Waals surface area contributed by atoms with Crippen LogP contribution in [0.2, 0.25) is 0 Å². The molecule has 0 spiro atoms. The number of hydrogen-bond donors (Lipinski definition) is 1. The number of hydrogen-bond acceptors (Lipinski definition) is 2. The van der Waals surface area contributed by atoms with E-state index in [4.69, 9.17) is 0 Å². The van der Waals surface area contributed by atoms with Crippen molar-refractivity contribution in [3.05, 3.63) is 34.4 Å². The molecule has 0 radical (unpaired) electrons. The third-order valence-corrected chi connectivity index (χ3v) is 4.33. The van der Waals surface area contributed by atoms with E-state index in [1.54, 1.807) is 0 Å². The lowest BCUT2D eigenvalue weighted by Gasteiger charge is -2.31. The van der Waals surface area contributed by atoms with Crippen molar-refractivity contribution in [1.82, 2.24) is 14.8 Å². The molecular formula is C15H19BrClN3O. The summed E-state index contributed by atoms with van der Waals surface area (Å²) in [6.45, 7) is 4.51. The molecule has 1 N–H and O–H groups in total. The van der Waals surface area contributed by atoms with Crippen LogP contribution in [0.1, 0.15) is 17.3 Å². The van der Waals surface area contributed by atoms with Crippen molar-refractivity contribution in [1.29, 1.82) is 0 Å². The molecule has 1 aromatic carbocycles. The van der Waals surface area contributed by atoms with Crippen molar-refractivity contribution in [3.63, 3.8) is 0 Å². The van der Waals surface area contributed by atoms with E-state index >= 15 is 0 Å². The summed E-state index contributed by atoms with van der Waals surface area (Å²) < 4.78 is 3.01. The molecular weight excluding hydrogens is 354 g/mol. The van der Waals surface area contributed by atoms with Crippen LogP contribution in [0, 0.1) is 0 Å². The highest BCUT2D eigenvalue weighted by Gasteiger charge is 2.24. The lowest BCUT2D eigenvalue weighted by molar-refractivity contribution is 0.0711. The standard InChI is InChI=1S/C15H18BrN3O.ClH/c1-10-8-19(6-5-17-10)15(20)13-9-18(2)14-4-3-11(16)7-12(13)14;/h3-4,7,9-10,17H,5-6,8H2,1-2H3;1H. The van der Waals surface area contributed by atoms with Crippen molar-refractivity contribution in [2.24, 2.45) is 7.05 Å². The normalized spacial score (nSPS) is 18.6. The van der Waals surface area contributed by atoms with Gasteiger partial charge in [0.25, 0.3) is 5.91 Å². The number of benzene rings is 1. The minimum atomic E-state index is 0. The molecule has 2 aromatic rings. The van der Waals surface area contributed by atoms with E-state index in [-0.39, 0.29) is 18.3 Å². The minimum absolute atomic E-state index is 0. The number of carbonyl (C=O) groups excluding carboxylic acids is 1. The van der Waals surface area contributed by atoms with Crippen molar-refractivity contribution in [3.8, 4) is 0 Å². The van der Waals surface area contributed by atoms with Crippen molar-refractivity contribution in [2.75, 3.05) is 19.6 Å². The number of aryl methyl sites for hydroxylation is 1. The van der Waals surface area contributed by atoms with E-state index in [9.17, 15) is 4.79 Å². The van der Waals surface area contributed by atoms with Crippen LogP contribution in [-0.2, 0) is 7.05 Å². The fraction of sp³-hybridized carbons (Fsp3) is 0.400. The number of piperazine rings is 1. The first-order chi connectivity index (χ1) is 9.56. The summed E-state index contributed by atoms with van der Waals surface area (Å²) >= 11 is 3.49. The zero-order valence-electron chi connectivity index (χ0n) is 12.1. The van der Waals surface area contributed by atoms with Gasteiger partial charge in [-0.05, 0) is 25.1 Å². The summed E-state index contributed by atoms with van der Waals surface area (Å²) in [6.07, 6.45) is 1.94. The van der Waals surface area contributed by atoms with Gasteiger partial charge in [0.1, 0.15) is 0 Å². The Morgan fingerprint density at radius 2 is 2.19 bits per heavy atom. The molecule has 6 heteroatoms. The Labute approximate surface area is 139 Å². The van der Waals surface area contributed by atoms with Gasteiger partial charge in [-0.15, -0.1) is 12.4 Å². The van der Waals surface area contributed by atoms with Gasteiger partial charge in [0.15, 0.2) is 0 Å². The van der Waals surface area contributed by atoms with Crippen LogP contribution in [0.5, 0.6) is 0 Å². The summed E-state index contributed by atoms with van der Waals surface area (Å²) in [5.41, 5.74) is 1.87. The molecule has 1 amide bonds. The quantitative estimate of drug-likeness (QED) is 0.836. The average Bonchev–Trinajstić information content (AvgIpc) is 2.74. The molecule has 1 aliphatic heterocycles. The monoisotopic (exact) mass is 371 g/mol. The smallest absolute Gasteiger partial charge is 0.256 e. The van der Waals surface area contributed by atoms with E-state index in [1.807, 2.05) is 40.9 Å². The lowest BCUT2D eigenvalue weighted by Crippen LogP contribution is -2.51. The molecule has 0 aliphatic carbocycles. The predicted molar refractivity (Wildman–Crippen MR) is 91.2 cm³/mol. The molecule has 4 nitrogen and oxygen atoms in total. The van der Waals surface area contributed by atoms with E-state index in [2.05, 4.69) is 28.2 Å². The highest BCUT2D eigenvalue weighted by Crippen LogP contribution is 2.25. The maximum absolute atomic E-state index is 12.8. The Morgan fingerprint density at radius 1 is 1.43 bits per heavy atom. The van der Waals surface area contributed by atoms with Gasteiger partial charge in [-0.25, -0.2) is 0 Å². The topological polar surface area (TPSA) is 37.3 Å². The molecule has 114 valence electrons. The van der Waals surface area contributed by atoms with Crippen LogP contribution in [0.25, 0.3) is 10.9 Å². The number of amides is 1. The number of carbonyl (C=O) groups is 1. The van der Waals surface area contributed by atoms with Gasteiger partial charge in [0, 0.05) is 54.3 Å². The number of halogens is 2. The predicted octanol–water partition coefficient (Wildman–Crippen LogP) is 2.80. The molecule has 3 rings (SSSR count). The summed E-state index contributed by atoms with van der Waals surface area (Å²) in [5.74, 6) is 0.127. The van der Waals surface area contributed by atoms with Crippen molar-refractivity contribution in [2.45, 2.75) is 13.0 Å². The molecule has 0 bridgehead atoms. The van der Waals surface area contributed by atoms with Crippen LogP contribution < -0.4 is 5.32 Å². The van der Waals surface area contributed by atoms with E-state index in [0.29, 0.717) is 6.04 Å². The first-order valence-corrected chi connectivity index (χ1v) is 7.63. The number of nitrogens with one attached hydrogen (secondary N) is 1. The lowest BCUT2D eigenvalue weighted by atomic mass is 10.1. The van der Waals surface area contributed by atoms with Gasteiger partial charge in [-0.3, -0.25) is 4.79 Å². The molecule has 0 saturated carbocycles. The van der Waals surface area contributed by atoms with Crippen LogP contribution in [0.15, 0.2) is 28.9 Å². The highest BCUT2D eigenvalue weighted by atomic mass is 79.9. The maximum atomic E-state index is 12.8. The molecule has 1 aromatic heterocycles. The van der Waals surface area contributed by atoms with E-state index in [0.717, 1.165) is 40.6 Å². The summed E-state index contributed by atoms with van der Waals surface area (Å²) in [6, 6.07) is 6.42. The Bertz CT molecular complexity index is 670. The second-order valence-electron chi connectivity index (χ2n) is 5.42. The first-order valence-electron chi connectivity index (χ1n) is 6.83. The van der Waals surface area contributed by atoms with Crippen LogP contribution in [0.3, 0.4) is 0 Å². The fourth-order valence-corrected chi connectivity index (χ4v) is 3.18. The van der Waals surface area contributed by atoms with Gasteiger partial charge in [-0.1, -0.05) is 15.9 Å². The van der Waals surface area contributed by atoms with Crippen molar-refractivity contribution >= 4 is 45.1 Å². The Kier molecular flexibility index (Phi) is 4.96. The molecule has 1 fully saturated rings. The van der Waals surface area contributed by atoms with Gasteiger partial charge in [0.05, 0.1) is 5.56 Å². The second kappa shape index (κ2) is 6.38. The van der Waals surface area contributed by atoms with Gasteiger partial charge >= 0.3 is 0 Å². The number of fused-ring (bicyclic) bond motifs is 1. The summed E-state index contributed by atoms with van der Waals surface area (Å²) in [7, 11) is 1.98. The number of nitrogens with zero attached hydrogens (tertiary/aromatic N) is 2. The van der Waals surface area contributed by atoms with Crippen LogP contribution in [-0.4, -0.2) is 41.1 Å². The summed E-state index contributed by atoms with van der Waals surface area (Å²) in [5, 5.41) is 4.38. The molecule has 21 heavy (non-hydrogen) atoms. The average molecular weight is 373 g/mol. The molecule has 1 atom stereocenters. The van der Waals surface area contributed by atoms with Gasteiger partial charge in [0.2, 0.25) is 0 Å². The third-order valence-electron chi connectivity index (χ3n) is 3.84. The fourth-order valence-electron chi connectivity index (χ4n) is 2.82. The first kappa shape index (κ1) is 16.3. The molecule has 1 aliphatic rings. The zero-order valence-corrected chi connectivity index (χ0v) is 14.5. The maximum Gasteiger partial charge on any atom is 0.256 e. The highest BCUT2D eigenvalue weighted by molar-refractivity contribution is 9.10. The largest absolute Gasteiger partial charge is 0.350 e. The Balaban J connectivity index is 0.00000161. The second-order valence-corrected chi connectivity index (χ2v) is 6.34. The van der Waals surface area contributed by atoms with Crippen molar-refractivity contribution < 1.29 is 4.79 Å². The molecule has 1 saturated heterocycles. The van der Waals surface area contributed by atoms with Crippen LogP contribution >= 0.6 is 28.3 Å². The summed E-state index contributed by atoms with van der Waals surface area (Å²) in [4.78, 5) is 14.7. The Morgan fingerprint density at radius 3 is 2.90 bits per heavy atom. The van der Waals surface area contributed by atoms with E-state index < -0.39 is 0 Å². The third kappa shape index (κ3) is 3.10. The molecule has 1 unspecified atom stereocenters. The molecule has 2 heterocycles. The van der Waals surface area contributed by atoms with E-state index in [1.165, 1.54) is 0 Å². The minimum Gasteiger partial charge on any atom is -0.350 e. The number of aromatic nitrogens is 1. The zero-order chi connectivity index (χ0) is 14.3. The number of rotatable bonds is 1. The SMILES string of the molecule is CC1CN(C(=O)c2cn(C)c3ccc(Br)cc23)CCN1.Cl. The van der Waals surface area contributed by atoms with Gasteiger partial charge < -0.3 is 14.8 Å². The van der Waals surface area contributed by atoms with Gasteiger partial charge in [-0.2, -0.15) is 0 Å².